The first-order valence-corrected chi connectivity index (χ1v) is 10.1. The second kappa shape index (κ2) is 9.03. The van der Waals surface area contributed by atoms with E-state index in [4.69, 9.17) is 5.73 Å². The largest absolute Gasteiger partial charge is 0.333 e. The minimum atomic E-state index is -0.0469. The van der Waals surface area contributed by atoms with Gasteiger partial charge in [0.05, 0.1) is 0 Å². The predicted molar refractivity (Wildman–Crippen MR) is 117 cm³/mol. The smallest absolute Gasteiger partial charge is 0.254 e. The summed E-state index contributed by atoms with van der Waals surface area (Å²) >= 11 is 0. The quantitative estimate of drug-likeness (QED) is 0.620. The van der Waals surface area contributed by atoms with Gasteiger partial charge in [-0.15, -0.1) is 0 Å². The number of rotatable bonds is 7. The summed E-state index contributed by atoms with van der Waals surface area (Å²) in [5.74, 6) is 0.396. The zero-order valence-corrected chi connectivity index (χ0v) is 17.1. The summed E-state index contributed by atoms with van der Waals surface area (Å²) in [5.41, 5.74) is 9.45. The van der Waals surface area contributed by atoms with E-state index in [1.807, 2.05) is 48.2 Å². The van der Waals surface area contributed by atoms with E-state index in [1.54, 1.807) is 0 Å². The van der Waals surface area contributed by atoms with E-state index in [2.05, 4.69) is 44.2 Å². The molecule has 0 heterocycles. The number of amides is 1. The Bertz CT molecular complexity index is 927. The second-order valence-corrected chi connectivity index (χ2v) is 7.74. The molecule has 3 heteroatoms. The molecule has 0 spiro atoms. The normalized spacial score (nSPS) is 13.3. The van der Waals surface area contributed by atoms with Crippen molar-refractivity contribution in [2.45, 2.75) is 39.8 Å². The van der Waals surface area contributed by atoms with Gasteiger partial charge in [-0.05, 0) is 41.3 Å². The molecule has 0 bridgehead atoms. The Morgan fingerprint density at radius 2 is 1.68 bits per heavy atom. The van der Waals surface area contributed by atoms with Crippen LogP contribution in [0.15, 0.2) is 66.7 Å². The number of hydrogen-bond acceptors (Lipinski definition) is 2. The van der Waals surface area contributed by atoms with Crippen LogP contribution in [-0.2, 0) is 6.54 Å². The molecule has 0 aliphatic heterocycles. The lowest BCUT2D eigenvalue weighted by Gasteiger charge is -2.29. The molecule has 146 valence electrons. The first-order chi connectivity index (χ1) is 13.5. The van der Waals surface area contributed by atoms with E-state index in [9.17, 15) is 4.79 Å². The summed E-state index contributed by atoms with van der Waals surface area (Å²) in [6.45, 7) is 7.42. The molecule has 3 rings (SSSR count). The van der Waals surface area contributed by atoms with Gasteiger partial charge in [0.25, 0.3) is 5.91 Å². The van der Waals surface area contributed by atoms with Crippen LogP contribution in [-0.4, -0.2) is 23.4 Å². The highest BCUT2D eigenvalue weighted by molar-refractivity contribution is 5.94. The van der Waals surface area contributed by atoms with Gasteiger partial charge >= 0.3 is 0 Å². The number of nitrogens with zero attached hydrogens (tertiary/aromatic N) is 1. The zero-order chi connectivity index (χ0) is 20.1. The van der Waals surface area contributed by atoms with Crippen molar-refractivity contribution in [3.05, 3.63) is 83.4 Å². The van der Waals surface area contributed by atoms with Crippen LogP contribution in [0.4, 0.5) is 0 Å². The van der Waals surface area contributed by atoms with E-state index < -0.39 is 0 Å². The number of nitrogens with two attached hydrogens (primary N) is 1. The van der Waals surface area contributed by atoms with Gasteiger partial charge in [0, 0.05) is 24.7 Å². The predicted octanol–water partition coefficient (Wildman–Crippen LogP) is 5.16. The Balaban J connectivity index is 1.93. The molecule has 3 aromatic carbocycles. The van der Waals surface area contributed by atoms with Crippen LogP contribution >= 0.6 is 0 Å². The van der Waals surface area contributed by atoms with E-state index >= 15 is 0 Å². The maximum atomic E-state index is 13.3. The van der Waals surface area contributed by atoms with Gasteiger partial charge in [0.15, 0.2) is 0 Å². The zero-order valence-electron chi connectivity index (χ0n) is 17.1. The number of hydrogen-bond donors (Lipinski definition) is 1. The van der Waals surface area contributed by atoms with Crippen molar-refractivity contribution in [1.82, 2.24) is 4.90 Å². The van der Waals surface area contributed by atoms with Gasteiger partial charge < -0.3 is 10.6 Å². The second-order valence-electron chi connectivity index (χ2n) is 7.74. The van der Waals surface area contributed by atoms with E-state index in [1.165, 1.54) is 10.8 Å². The third kappa shape index (κ3) is 4.60. The van der Waals surface area contributed by atoms with Gasteiger partial charge in [-0.25, -0.2) is 0 Å². The summed E-state index contributed by atoms with van der Waals surface area (Å²) in [5, 5.41) is 2.37. The highest BCUT2D eigenvalue weighted by atomic mass is 16.2. The molecule has 2 atom stereocenters. The number of benzene rings is 3. The van der Waals surface area contributed by atoms with Crippen molar-refractivity contribution in [2.75, 3.05) is 6.54 Å². The molecular formula is C25H30N2O. The van der Waals surface area contributed by atoms with Crippen LogP contribution in [0.2, 0.25) is 0 Å². The Hall–Kier alpha value is -2.65. The van der Waals surface area contributed by atoms with Crippen molar-refractivity contribution >= 4 is 16.7 Å². The molecule has 28 heavy (non-hydrogen) atoms. The van der Waals surface area contributed by atoms with Crippen LogP contribution in [0.1, 0.15) is 41.8 Å². The van der Waals surface area contributed by atoms with Crippen molar-refractivity contribution in [2.24, 2.45) is 11.7 Å². The van der Waals surface area contributed by atoms with E-state index in [-0.39, 0.29) is 11.9 Å². The molecule has 2 N–H and O–H groups in total. The number of fused-ring (bicyclic) bond motifs is 1. The summed E-state index contributed by atoms with van der Waals surface area (Å²) in [6.07, 6.45) is 1.00. The molecular weight excluding hydrogens is 344 g/mol. The number of carbonyl (C=O) groups is 1. The van der Waals surface area contributed by atoms with Gasteiger partial charge in [0.2, 0.25) is 0 Å². The lowest BCUT2D eigenvalue weighted by Crippen LogP contribution is -2.43. The molecule has 1 amide bonds. The van der Waals surface area contributed by atoms with Gasteiger partial charge in [-0.1, -0.05) is 80.4 Å². The Kier molecular flexibility index (Phi) is 6.48. The molecule has 0 aliphatic rings. The number of aryl methyl sites for hydroxylation is 1. The highest BCUT2D eigenvalue weighted by Gasteiger charge is 2.22. The number of carbonyl (C=O) groups excluding carboxylic acids is 1. The summed E-state index contributed by atoms with van der Waals surface area (Å²) in [6, 6.07) is 22.3. The third-order valence-corrected chi connectivity index (χ3v) is 5.63. The van der Waals surface area contributed by atoms with Crippen molar-refractivity contribution < 1.29 is 4.79 Å². The van der Waals surface area contributed by atoms with Crippen molar-refractivity contribution in [1.29, 1.82) is 0 Å². The lowest BCUT2D eigenvalue weighted by molar-refractivity contribution is 0.0722. The van der Waals surface area contributed by atoms with Crippen LogP contribution in [0.5, 0.6) is 0 Å². The minimum Gasteiger partial charge on any atom is -0.333 e. The monoisotopic (exact) mass is 374 g/mol. The maximum Gasteiger partial charge on any atom is 0.254 e. The van der Waals surface area contributed by atoms with Gasteiger partial charge in [-0.2, -0.15) is 0 Å². The minimum absolute atomic E-state index is 0.0340. The molecule has 0 saturated carbocycles. The maximum absolute atomic E-state index is 13.3. The lowest BCUT2D eigenvalue weighted by atomic mass is 9.98. The first kappa shape index (κ1) is 20.1. The van der Waals surface area contributed by atoms with Crippen molar-refractivity contribution in [3.63, 3.8) is 0 Å². The van der Waals surface area contributed by atoms with Gasteiger partial charge in [0.1, 0.15) is 0 Å². The third-order valence-electron chi connectivity index (χ3n) is 5.63. The topological polar surface area (TPSA) is 46.3 Å². The van der Waals surface area contributed by atoms with Crippen LogP contribution in [0.25, 0.3) is 10.8 Å². The highest BCUT2D eigenvalue weighted by Crippen LogP contribution is 2.22. The molecule has 3 nitrogen and oxygen atoms in total. The molecule has 0 aromatic heterocycles. The Morgan fingerprint density at radius 1 is 1.00 bits per heavy atom. The SMILES string of the molecule is CC[C@H](C)[C@H](N)CN(Cc1cccc2ccccc12)C(=O)c1ccc(C)cc1. The van der Waals surface area contributed by atoms with Gasteiger partial charge in [-0.3, -0.25) is 4.79 Å². The van der Waals surface area contributed by atoms with Crippen LogP contribution in [0, 0.1) is 12.8 Å². The molecule has 3 aromatic rings. The Morgan fingerprint density at radius 3 is 2.39 bits per heavy atom. The fraction of sp³-hybridized carbons (Fsp3) is 0.320. The van der Waals surface area contributed by atoms with Crippen LogP contribution in [0.3, 0.4) is 0 Å². The van der Waals surface area contributed by atoms with E-state index in [0.717, 1.165) is 17.5 Å². The summed E-state index contributed by atoms with van der Waals surface area (Å²) in [7, 11) is 0. The molecule has 0 unspecified atom stereocenters. The average molecular weight is 375 g/mol. The molecule has 0 radical (unpaired) electrons. The molecule has 0 fully saturated rings. The fourth-order valence-corrected chi connectivity index (χ4v) is 3.47. The first-order valence-electron chi connectivity index (χ1n) is 10.1. The molecule has 0 aliphatic carbocycles. The standard InChI is InChI=1S/C25H30N2O/c1-4-19(3)24(26)17-27(25(28)21-14-12-18(2)13-15-21)16-22-10-7-9-20-8-5-6-11-23(20)22/h5-15,19,24H,4,16-17,26H2,1-3H3/t19-,24+/m0/s1. The van der Waals surface area contributed by atoms with Crippen LogP contribution < -0.4 is 5.73 Å². The molecule has 0 saturated heterocycles. The summed E-state index contributed by atoms with van der Waals surface area (Å²) in [4.78, 5) is 15.2. The van der Waals surface area contributed by atoms with E-state index in [0.29, 0.717) is 24.6 Å². The Labute approximate surface area is 168 Å². The summed E-state index contributed by atoms with van der Waals surface area (Å²) < 4.78 is 0. The average Bonchev–Trinajstić information content (AvgIpc) is 2.72. The fourth-order valence-electron chi connectivity index (χ4n) is 3.47. The van der Waals surface area contributed by atoms with Crippen molar-refractivity contribution in [3.8, 4) is 0 Å².